The van der Waals surface area contributed by atoms with Crippen molar-refractivity contribution >= 4 is 23.1 Å². The Hall–Kier alpha value is -3.12. The molecule has 0 unspecified atom stereocenters. The zero-order valence-electron chi connectivity index (χ0n) is 20.8. The minimum absolute atomic E-state index is 0.330. The van der Waals surface area contributed by atoms with E-state index >= 15 is 0 Å². The van der Waals surface area contributed by atoms with Crippen LogP contribution in [0, 0.1) is 13.8 Å². The van der Waals surface area contributed by atoms with Crippen LogP contribution in [0.2, 0.25) is 5.02 Å². The molecule has 6 heteroatoms. The molecule has 2 aliphatic heterocycles. The third-order valence-electron chi connectivity index (χ3n) is 7.23. The highest BCUT2D eigenvalue weighted by Crippen LogP contribution is 2.47. The van der Waals surface area contributed by atoms with Crippen molar-refractivity contribution in [2.75, 3.05) is 20.2 Å². The van der Waals surface area contributed by atoms with Gasteiger partial charge in [-0.2, -0.15) is 5.06 Å². The van der Waals surface area contributed by atoms with Crippen molar-refractivity contribution in [3.05, 3.63) is 99.8 Å². The smallest absolute Gasteiger partial charge is 0.343 e. The number of carbonyl (C=O) groups excluding carboxylic acids is 1. The lowest BCUT2D eigenvalue weighted by Crippen LogP contribution is -2.46. The summed E-state index contributed by atoms with van der Waals surface area (Å²) in [6.45, 7) is 5.75. The molecule has 3 aromatic carbocycles. The maximum Gasteiger partial charge on any atom is 0.343 e. The second-order valence-corrected chi connectivity index (χ2v) is 9.85. The summed E-state index contributed by atoms with van der Waals surface area (Å²) in [5.41, 5.74) is 5.75. The number of hydrogen-bond donors (Lipinski definition) is 0. The zero-order chi connectivity index (χ0) is 25.3. The van der Waals surface area contributed by atoms with Gasteiger partial charge in [-0.15, -0.1) is 0 Å². The summed E-state index contributed by atoms with van der Waals surface area (Å²) in [5.74, 6) is 0.301. The van der Waals surface area contributed by atoms with Gasteiger partial charge in [0.1, 0.15) is 12.2 Å². The van der Waals surface area contributed by atoms with Gasteiger partial charge >= 0.3 is 5.97 Å². The lowest BCUT2D eigenvalue weighted by Gasteiger charge is -2.38. The molecule has 1 saturated heterocycles. The molecule has 2 heterocycles. The van der Waals surface area contributed by atoms with Crippen LogP contribution < -0.4 is 0 Å². The Morgan fingerprint density at radius 3 is 2.33 bits per heavy atom. The molecule has 36 heavy (non-hydrogen) atoms. The SMILES string of the molecule is CON1CCC2(CC1)OC(=O)C(c1c(C)ccc(-c3ccc(Cl)cc3)c1C)=C2OCc1ccccc1. The molecule has 5 rings (SSSR count). The molecular formula is C30H30ClNO4. The summed E-state index contributed by atoms with van der Waals surface area (Å²) in [5, 5.41) is 2.58. The number of rotatable bonds is 6. The molecule has 5 nitrogen and oxygen atoms in total. The van der Waals surface area contributed by atoms with Gasteiger partial charge in [0.15, 0.2) is 11.4 Å². The fraction of sp³-hybridized carbons (Fsp3) is 0.300. The van der Waals surface area contributed by atoms with Crippen molar-refractivity contribution in [2.45, 2.75) is 38.9 Å². The van der Waals surface area contributed by atoms with Gasteiger partial charge in [-0.3, -0.25) is 0 Å². The molecule has 0 amide bonds. The van der Waals surface area contributed by atoms with Crippen molar-refractivity contribution in [3.8, 4) is 11.1 Å². The van der Waals surface area contributed by atoms with Crippen molar-refractivity contribution in [1.29, 1.82) is 0 Å². The number of piperidine rings is 1. The maximum absolute atomic E-state index is 13.6. The molecule has 0 N–H and O–H groups in total. The Kier molecular flexibility index (Phi) is 6.89. The van der Waals surface area contributed by atoms with Gasteiger partial charge in [0.05, 0.1) is 7.11 Å². The van der Waals surface area contributed by atoms with Crippen molar-refractivity contribution < 1.29 is 19.1 Å². The minimum Gasteiger partial charge on any atom is -0.488 e. The van der Waals surface area contributed by atoms with Gasteiger partial charge in [0, 0.05) is 31.0 Å². The Balaban J connectivity index is 1.63. The highest BCUT2D eigenvalue weighted by atomic mass is 35.5. The van der Waals surface area contributed by atoms with Crippen molar-refractivity contribution in [3.63, 3.8) is 0 Å². The summed E-state index contributed by atoms with van der Waals surface area (Å²) in [6, 6.07) is 21.9. The van der Waals surface area contributed by atoms with E-state index in [4.69, 9.17) is 25.9 Å². The molecule has 1 spiro atoms. The molecule has 0 atom stereocenters. The number of hydrogen-bond acceptors (Lipinski definition) is 5. The quantitative estimate of drug-likeness (QED) is 0.359. The molecule has 1 fully saturated rings. The molecule has 0 saturated carbocycles. The number of halogens is 1. The van der Waals surface area contributed by atoms with E-state index in [1.807, 2.05) is 66.6 Å². The average molecular weight is 504 g/mol. The van der Waals surface area contributed by atoms with Crippen LogP contribution >= 0.6 is 11.6 Å². The zero-order valence-corrected chi connectivity index (χ0v) is 21.6. The van der Waals surface area contributed by atoms with Gasteiger partial charge in [0.2, 0.25) is 0 Å². The van der Waals surface area contributed by atoms with Crippen molar-refractivity contribution in [2.24, 2.45) is 0 Å². The highest BCUT2D eigenvalue weighted by molar-refractivity contribution is 6.30. The fourth-order valence-corrected chi connectivity index (χ4v) is 5.40. The number of benzene rings is 3. The number of esters is 1. The average Bonchev–Trinajstić information content (AvgIpc) is 3.15. The maximum atomic E-state index is 13.6. The van der Waals surface area contributed by atoms with Gasteiger partial charge in [-0.1, -0.05) is 66.2 Å². The number of aryl methyl sites for hydroxylation is 1. The van der Waals surface area contributed by atoms with Gasteiger partial charge in [-0.05, 0) is 59.4 Å². The number of nitrogens with zero attached hydrogens (tertiary/aromatic N) is 1. The minimum atomic E-state index is -0.800. The summed E-state index contributed by atoms with van der Waals surface area (Å²) >= 11 is 6.13. The summed E-state index contributed by atoms with van der Waals surface area (Å²) in [4.78, 5) is 19.0. The number of ether oxygens (including phenoxy) is 2. The number of carbonyl (C=O) groups is 1. The second-order valence-electron chi connectivity index (χ2n) is 9.41. The van der Waals surface area contributed by atoms with Crippen LogP contribution in [-0.4, -0.2) is 36.8 Å². The molecular weight excluding hydrogens is 474 g/mol. The van der Waals surface area contributed by atoms with E-state index in [0.29, 0.717) is 48.9 Å². The van der Waals surface area contributed by atoms with Gasteiger partial charge < -0.3 is 14.3 Å². The Labute approximate surface area is 217 Å². The van der Waals surface area contributed by atoms with E-state index in [9.17, 15) is 4.79 Å². The molecule has 0 radical (unpaired) electrons. The molecule has 0 aliphatic carbocycles. The molecule has 3 aromatic rings. The van der Waals surface area contributed by atoms with E-state index < -0.39 is 5.60 Å². The lowest BCUT2D eigenvalue weighted by atomic mass is 9.85. The normalized spacial score (nSPS) is 17.5. The first-order valence-electron chi connectivity index (χ1n) is 12.2. The van der Waals surface area contributed by atoms with Crippen molar-refractivity contribution in [1.82, 2.24) is 5.06 Å². The Morgan fingerprint density at radius 2 is 1.67 bits per heavy atom. The van der Waals surface area contributed by atoms with Gasteiger partial charge in [0.25, 0.3) is 0 Å². The van der Waals surface area contributed by atoms with Crippen LogP contribution in [0.3, 0.4) is 0 Å². The largest absolute Gasteiger partial charge is 0.488 e. The predicted molar refractivity (Wildman–Crippen MR) is 141 cm³/mol. The third kappa shape index (κ3) is 4.55. The standard InChI is InChI=1S/C30H30ClNO4/c1-20-9-14-25(23-10-12-24(31)13-11-23)21(2)26(20)27-28(35-19-22-7-5-4-6-8-22)30(36-29(27)33)15-17-32(34-3)18-16-30/h4-14H,15-19H2,1-3H3. The highest BCUT2D eigenvalue weighted by Gasteiger charge is 2.52. The van der Waals surface area contributed by atoms with E-state index in [-0.39, 0.29) is 5.97 Å². The van der Waals surface area contributed by atoms with Gasteiger partial charge in [-0.25, -0.2) is 4.79 Å². The van der Waals surface area contributed by atoms with Crippen LogP contribution in [0.25, 0.3) is 16.7 Å². The summed E-state index contributed by atoms with van der Waals surface area (Å²) in [6.07, 6.45) is 1.21. The van der Waals surface area contributed by atoms with E-state index in [1.165, 1.54) is 0 Å². The van der Waals surface area contributed by atoms with E-state index in [1.54, 1.807) is 7.11 Å². The first kappa shape index (κ1) is 24.6. The van der Waals surface area contributed by atoms with Crippen LogP contribution in [0.1, 0.15) is 35.1 Å². The molecule has 2 aliphatic rings. The van der Waals surface area contributed by atoms with Crippen LogP contribution in [0.4, 0.5) is 0 Å². The second kappa shape index (κ2) is 10.1. The molecule has 0 bridgehead atoms. The lowest BCUT2D eigenvalue weighted by molar-refractivity contribution is -0.184. The Morgan fingerprint density at radius 1 is 0.972 bits per heavy atom. The number of hydroxylamine groups is 2. The Bertz CT molecular complexity index is 1290. The topological polar surface area (TPSA) is 48.0 Å². The fourth-order valence-electron chi connectivity index (χ4n) is 5.28. The summed E-state index contributed by atoms with van der Waals surface area (Å²) < 4.78 is 12.7. The first-order valence-corrected chi connectivity index (χ1v) is 12.6. The summed E-state index contributed by atoms with van der Waals surface area (Å²) in [7, 11) is 1.67. The monoisotopic (exact) mass is 503 g/mol. The van der Waals surface area contributed by atoms with E-state index in [2.05, 4.69) is 19.1 Å². The predicted octanol–water partition coefficient (Wildman–Crippen LogP) is 6.50. The molecule has 0 aromatic heterocycles. The first-order chi connectivity index (χ1) is 17.4. The van der Waals surface area contributed by atoms with E-state index in [0.717, 1.165) is 33.4 Å². The van der Waals surface area contributed by atoms with Crippen LogP contribution in [0.15, 0.2) is 72.5 Å². The third-order valence-corrected chi connectivity index (χ3v) is 7.48. The van der Waals surface area contributed by atoms with Crippen LogP contribution in [0.5, 0.6) is 0 Å². The van der Waals surface area contributed by atoms with Crippen LogP contribution in [-0.2, 0) is 25.7 Å². The molecule has 186 valence electrons.